The fourth-order valence-corrected chi connectivity index (χ4v) is 1.71. The maximum Gasteiger partial charge on any atom is 0.330 e. The molecule has 0 aliphatic heterocycles. The third-order valence-electron chi connectivity index (χ3n) is 2.69. The molecule has 0 aliphatic rings. The quantitative estimate of drug-likeness (QED) is 0.470. The minimum atomic E-state index is -0.876. The lowest BCUT2D eigenvalue weighted by molar-refractivity contribution is -0.132. The summed E-state index contributed by atoms with van der Waals surface area (Å²) in [7, 11) is 0. The van der Waals surface area contributed by atoms with E-state index in [2.05, 4.69) is 32.7 Å². The van der Waals surface area contributed by atoms with Gasteiger partial charge in [0.25, 0.3) is 0 Å². The van der Waals surface area contributed by atoms with Crippen LogP contribution in [0.15, 0.2) is 12.2 Å². The molecule has 0 bridgehead atoms. The van der Waals surface area contributed by atoms with Gasteiger partial charge in [0, 0.05) is 11.1 Å². The average molecular weight is 227 g/mol. The normalized spacial score (nSPS) is 11.4. The fraction of sp³-hybridized carbons (Fsp3) is 0.769. The predicted molar refractivity (Wildman–Crippen MR) is 67.6 cm³/mol. The topological polar surface area (TPSA) is 49.3 Å². The molecule has 0 unspecified atom stereocenters. The third kappa shape index (κ3) is 7.46. The zero-order valence-corrected chi connectivity index (χ0v) is 10.8. The molecule has 3 heteroatoms. The minimum absolute atomic E-state index is 0.193. The number of hydrogen-bond donors (Lipinski definition) is 2. The van der Waals surface area contributed by atoms with Crippen molar-refractivity contribution < 1.29 is 9.90 Å². The van der Waals surface area contributed by atoms with E-state index in [4.69, 9.17) is 5.11 Å². The Hall–Kier alpha value is -0.830. The van der Waals surface area contributed by atoms with Gasteiger partial charge >= 0.3 is 5.97 Å². The third-order valence-corrected chi connectivity index (χ3v) is 2.69. The first-order chi connectivity index (χ1) is 7.39. The Morgan fingerprint density at radius 1 is 1.38 bits per heavy atom. The molecule has 3 nitrogen and oxygen atoms in total. The molecule has 0 saturated heterocycles. The van der Waals surface area contributed by atoms with E-state index < -0.39 is 5.97 Å². The van der Waals surface area contributed by atoms with Crippen LogP contribution < -0.4 is 5.32 Å². The van der Waals surface area contributed by atoms with Gasteiger partial charge in [0.05, 0.1) is 0 Å². The molecule has 0 aromatic carbocycles. The summed E-state index contributed by atoms with van der Waals surface area (Å²) >= 11 is 0. The molecule has 0 aliphatic carbocycles. The molecule has 0 rings (SSSR count). The Morgan fingerprint density at radius 3 is 2.50 bits per heavy atom. The van der Waals surface area contributed by atoms with Crippen LogP contribution in [0, 0.1) is 0 Å². The van der Waals surface area contributed by atoms with Crippen molar-refractivity contribution in [2.45, 2.75) is 58.4 Å². The molecular weight excluding hydrogens is 202 g/mol. The Bertz CT molecular complexity index is 234. The van der Waals surface area contributed by atoms with Crippen molar-refractivity contribution in [3.63, 3.8) is 0 Å². The first-order valence-electron chi connectivity index (χ1n) is 6.05. The van der Waals surface area contributed by atoms with Crippen molar-refractivity contribution >= 4 is 5.97 Å². The molecule has 0 spiro atoms. The lowest BCUT2D eigenvalue weighted by atomic mass is 9.98. The summed E-state index contributed by atoms with van der Waals surface area (Å²) in [6.07, 6.45) is 4.82. The number of carbonyl (C=O) groups is 1. The molecule has 16 heavy (non-hydrogen) atoms. The monoisotopic (exact) mass is 227 g/mol. The van der Waals surface area contributed by atoms with Crippen molar-refractivity contribution in [2.24, 2.45) is 0 Å². The number of nitrogens with one attached hydrogen (secondary N) is 1. The molecule has 0 atom stereocenters. The highest BCUT2D eigenvalue weighted by molar-refractivity contribution is 5.85. The molecule has 0 aromatic heterocycles. The highest BCUT2D eigenvalue weighted by Gasteiger charge is 2.14. The van der Waals surface area contributed by atoms with Crippen molar-refractivity contribution in [1.29, 1.82) is 0 Å². The van der Waals surface area contributed by atoms with Gasteiger partial charge in [0.15, 0.2) is 0 Å². The first-order valence-corrected chi connectivity index (χ1v) is 6.05. The van der Waals surface area contributed by atoms with Gasteiger partial charge in [-0.05, 0) is 46.1 Å². The van der Waals surface area contributed by atoms with Crippen LogP contribution in [0.4, 0.5) is 0 Å². The van der Waals surface area contributed by atoms with Gasteiger partial charge in [-0.2, -0.15) is 0 Å². The Kier molecular flexibility index (Phi) is 7.06. The van der Waals surface area contributed by atoms with Gasteiger partial charge in [-0.1, -0.05) is 19.9 Å². The second kappa shape index (κ2) is 7.44. The van der Waals surface area contributed by atoms with Gasteiger partial charge in [0.2, 0.25) is 0 Å². The van der Waals surface area contributed by atoms with Crippen molar-refractivity contribution in [3.8, 4) is 0 Å². The molecule has 0 aromatic rings. The Labute approximate surface area is 98.9 Å². The van der Waals surface area contributed by atoms with E-state index in [1.165, 1.54) is 6.42 Å². The maximum atomic E-state index is 10.5. The van der Waals surface area contributed by atoms with Crippen molar-refractivity contribution in [2.75, 3.05) is 6.54 Å². The summed E-state index contributed by atoms with van der Waals surface area (Å²) < 4.78 is 0. The molecule has 94 valence electrons. The van der Waals surface area contributed by atoms with Crippen LogP contribution in [0.1, 0.15) is 52.9 Å². The van der Waals surface area contributed by atoms with Gasteiger partial charge < -0.3 is 10.4 Å². The standard InChI is InChI=1S/C13H25NO2/c1-5-9-13(3,4)14-10-7-6-8-11(2)12(15)16/h14H,2,5-10H2,1,3-4H3,(H,15,16). The number of carboxylic acid groups (broad SMARTS) is 1. The number of unbranched alkanes of at least 4 members (excludes halogenated alkanes) is 1. The SMILES string of the molecule is C=C(CCCCNC(C)(C)CCC)C(=O)O. The van der Waals surface area contributed by atoms with E-state index in [1.54, 1.807) is 0 Å². The highest BCUT2D eigenvalue weighted by atomic mass is 16.4. The molecule has 0 heterocycles. The zero-order valence-electron chi connectivity index (χ0n) is 10.8. The van der Waals surface area contributed by atoms with E-state index in [1.807, 2.05) is 0 Å². The summed E-state index contributed by atoms with van der Waals surface area (Å²) in [5, 5.41) is 12.1. The average Bonchev–Trinajstić information content (AvgIpc) is 2.16. The van der Waals surface area contributed by atoms with Crippen LogP contribution in [-0.2, 0) is 4.79 Å². The van der Waals surface area contributed by atoms with E-state index in [0.717, 1.165) is 25.8 Å². The van der Waals surface area contributed by atoms with Gasteiger partial charge in [0.1, 0.15) is 0 Å². The van der Waals surface area contributed by atoms with Crippen LogP contribution in [0.2, 0.25) is 0 Å². The van der Waals surface area contributed by atoms with E-state index in [9.17, 15) is 4.79 Å². The highest BCUT2D eigenvalue weighted by Crippen LogP contribution is 2.11. The second-order valence-corrected chi connectivity index (χ2v) is 4.93. The maximum absolute atomic E-state index is 10.5. The zero-order chi connectivity index (χ0) is 12.6. The molecule has 0 saturated carbocycles. The number of carboxylic acids is 1. The summed E-state index contributed by atoms with van der Waals surface area (Å²) in [6, 6.07) is 0. The van der Waals surface area contributed by atoms with Crippen molar-refractivity contribution in [3.05, 3.63) is 12.2 Å². The number of rotatable bonds is 9. The van der Waals surface area contributed by atoms with Gasteiger partial charge in [-0.3, -0.25) is 0 Å². The second-order valence-electron chi connectivity index (χ2n) is 4.93. The number of aliphatic carboxylic acids is 1. The molecule has 0 amide bonds. The smallest absolute Gasteiger partial charge is 0.330 e. The molecule has 0 fully saturated rings. The summed E-state index contributed by atoms with van der Waals surface area (Å²) in [6.45, 7) is 11.0. The van der Waals surface area contributed by atoms with Crippen LogP contribution in [-0.4, -0.2) is 23.2 Å². The first kappa shape index (κ1) is 15.2. The van der Waals surface area contributed by atoms with E-state index in [0.29, 0.717) is 12.0 Å². The number of hydrogen-bond acceptors (Lipinski definition) is 2. The Balaban J connectivity index is 3.54. The van der Waals surface area contributed by atoms with Crippen LogP contribution >= 0.6 is 0 Å². The Morgan fingerprint density at radius 2 is 2.00 bits per heavy atom. The summed E-state index contributed by atoms with van der Waals surface area (Å²) in [5.41, 5.74) is 0.506. The molecule has 0 radical (unpaired) electrons. The van der Waals surface area contributed by atoms with Gasteiger partial charge in [-0.15, -0.1) is 0 Å². The predicted octanol–water partition coefficient (Wildman–Crippen LogP) is 2.97. The fourth-order valence-electron chi connectivity index (χ4n) is 1.71. The van der Waals surface area contributed by atoms with Crippen LogP contribution in [0.3, 0.4) is 0 Å². The molecular formula is C13H25NO2. The van der Waals surface area contributed by atoms with Crippen LogP contribution in [0.5, 0.6) is 0 Å². The van der Waals surface area contributed by atoms with Crippen LogP contribution in [0.25, 0.3) is 0 Å². The molecule has 2 N–H and O–H groups in total. The summed E-state index contributed by atoms with van der Waals surface area (Å²) in [4.78, 5) is 10.5. The van der Waals surface area contributed by atoms with Gasteiger partial charge in [-0.25, -0.2) is 4.79 Å². The van der Waals surface area contributed by atoms with Crippen molar-refractivity contribution in [1.82, 2.24) is 5.32 Å². The summed E-state index contributed by atoms with van der Waals surface area (Å²) in [5.74, 6) is -0.876. The minimum Gasteiger partial charge on any atom is -0.478 e. The largest absolute Gasteiger partial charge is 0.478 e. The lowest BCUT2D eigenvalue weighted by Crippen LogP contribution is -2.39. The van der Waals surface area contributed by atoms with E-state index in [-0.39, 0.29) is 5.54 Å². The lowest BCUT2D eigenvalue weighted by Gasteiger charge is -2.25. The van der Waals surface area contributed by atoms with E-state index >= 15 is 0 Å².